The number of pyridine rings is 1. The Morgan fingerprint density at radius 1 is 1.43 bits per heavy atom. The van der Waals surface area contributed by atoms with Crippen LogP contribution < -0.4 is 0 Å². The number of rotatable bonds is 3. The second-order valence-electron chi connectivity index (χ2n) is 5.58. The molecular formula is C14H18ClN3O3. The van der Waals surface area contributed by atoms with E-state index in [1.165, 1.54) is 12.3 Å². The first kappa shape index (κ1) is 15.7. The van der Waals surface area contributed by atoms with Crippen molar-refractivity contribution in [1.29, 1.82) is 0 Å². The van der Waals surface area contributed by atoms with Crippen molar-refractivity contribution in [3.05, 3.63) is 33.1 Å². The van der Waals surface area contributed by atoms with Crippen LogP contribution in [0, 0.1) is 16.0 Å². The van der Waals surface area contributed by atoms with E-state index in [0.29, 0.717) is 5.92 Å². The van der Waals surface area contributed by atoms with E-state index in [4.69, 9.17) is 11.6 Å². The Labute approximate surface area is 128 Å². The first-order chi connectivity index (χ1) is 9.91. The number of halogens is 1. The highest BCUT2D eigenvalue weighted by Crippen LogP contribution is 2.30. The molecule has 1 aromatic rings. The molecule has 21 heavy (non-hydrogen) atoms. The van der Waals surface area contributed by atoms with Gasteiger partial charge in [0.25, 0.3) is 5.91 Å². The van der Waals surface area contributed by atoms with E-state index in [0.717, 1.165) is 25.7 Å². The van der Waals surface area contributed by atoms with E-state index < -0.39 is 10.6 Å². The number of hydrogen-bond donors (Lipinski definition) is 0. The summed E-state index contributed by atoms with van der Waals surface area (Å²) < 4.78 is 0. The maximum Gasteiger partial charge on any atom is 0.319 e. The first-order valence-corrected chi connectivity index (χ1v) is 7.35. The van der Waals surface area contributed by atoms with Gasteiger partial charge in [-0.3, -0.25) is 14.9 Å². The monoisotopic (exact) mass is 311 g/mol. The molecule has 0 spiro atoms. The second-order valence-corrected chi connectivity index (χ2v) is 5.94. The minimum Gasteiger partial charge on any atom is -0.339 e. The molecule has 0 aromatic carbocycles. The number of nitro groups is 1. The maximum atomic E-state index is 12.5. The van der Waals surface area contributed by atoms with Crippen LogP contribution in [0.25, 0.3) is 0 Å². The molecule has 1 aromatic heterocycles. The molecule has 7 heteroatoms. The van der Waals surface area contributed by atoms with Crippen molar-refractivity contribution in [2.24, 2.45) is 5.92 Å². The average Bonchev–Trinajstić information content (AvgIpc) is 2.46. The Hall–Kier alpha value is -1.69. The highest BCUT2D eigenvalue weighted by atomic mass is 35.5. The zero-order chi connectivity index (χ0) is 15.6. The van der Waals surface area contributed by atoms with Crippen molar-refractivity contribution in [2.75, 3.05) is 7.05 Å². The van der Waals surface area contributed by atoms with Crippen molar-refractivity contribution in [3.63, 3.8) is 0 Å². The van der Waals surface area contributed by atoms with Gasteiger partial charge in [0.05, 0.1) is 4.92 Å². The van der Waals surface area contributed by atoms with Crippen LogP contribution >= 0.6 is 11.6 Å². The van der Waals surface area contributed by atoms with E-state index >= 15 is 0 Å². The molecule has 0 saturated heterocycles. The van der Waals surface area contributed by atoms with Gasteiger partial charge in [-0.2, -0.15) is 0 Å². The van der Waals surface area contributed by atoms with Crippen LogP contribution in [-0.4, -0.2) is 33.8 Å². The van der Waals surface area contributed by atoms with Gasteiger partial charge in [0, 0.05) is 19.3 Å². The molecule has 0 bridgehead atoms. The molecule has 2 rings (SSSR count). The summed E-state index contributed by atoms with van der Waals surface area (Å²) >= 11 is 5.75. The third-order valence-electron chi connectivity index (χ3n) is 4.15. The number of hydrogen-bond acceptors (Lipinski definition) is 4. The zero-order valence-corrected chi connectivity index (χ0v) is 12.8. The van der Waals surface area contributed by atoms with Crippen molar-refractivity contribution >= 4 is 23.2 Å². The fraction of sp³-hybridized carbons (Fsp3) is 0.571. The van der Waals surface area contributed by atoms with Gasteiger partial charge < -0.3 is 4.90 Å². The minimum absolute atomic E-state index is 0.00104. The van der Waals surface area contributed by atoms with Gasteiger partial charge in [0.2, 0.25) is 5.15 Å². The lowest BCUT2D eigenvalue weighted by Crippen LogP contribution is -2.39. The Kier molecular flexibility index (Phi) is 4.77. The van der Waals surface area contributed by atoms with Crippen molar-refractivity contribution in [3.8, 4) is 0 Å². The van der Waals surface area contributed by atoms with Crippen LogP contribution in [0.4, 0.5) is 5.69 Å². The summed E-state index contributed by atoms with van der Waals surface area (Å²) in [6.07, 6.45) is 5.31. The topological polar surface area (TPSA) is 76.3 Å². The lowest BCUT2D eigenvalue weighted by atomic mass is 9.86. The summed E-state index contributed by atoms with van der Waals surface area (Å²) in [5, 5.41) is 10.8. The maximum absolute atomic E-state index is 12.5. The summed E-state index contributed by atoms with van der Waals surface area (Å²) in [6.45, 7) is 2.20. The molecule has 1 fully saturated rings. The highest BCUT2D eigenvalue weighted by molar-refractivity contribution is 6.32. The van der Waals surface area contributed by atoms with Gasteiger partial charge in [-0.15, -0.1) is 0 Å². The Balaban J connectivity index is 2.24. The summed E-state index contributed by atoms with van der Waals surface area (Å²) in [5.41, 5.74) is -0.415. The Morgan fingerprint density at radius 2 is 2.05 bits per heavy atom. The van der Waals surface area contributed by atoms with Crippen LogP contribution in [0.2, 0.25) is 5.15 Å². The molecule has 1 heterocycles. The minimum atomic E-state index is -0.653. The lowest BCUT2D eigenvalue weighted by molar-refractivity contribution is -0.385. The zero-order valence-electron chi connectivity index (χ0n) is 12.1. The van der Waals surface area contributed by atoms with E-state index in [9.17, 15) is 14.9 Å². The van der Waals surface area contributed by atoms with E-state index in [2.05, 4.69) is 11.9 Å². The predicted octanol–water partition coefficient (Wildman–Crippen LogP) is 3.29. The Bertz CT molecular complexity index is 556. The average molecular weight is 312 g/mol. The molecule has 1 amide bonds. The normalized spacial score (nSPS) is 21.9. The SMILES string of the molecule is CC1CCC(N(C)C(=O)c2ccnc(Cl)c2[N+](=O)[O-])CC1. The van der Waals surface area contributed by atoms with Crippen molar-refractivity contribution in [2.45, 2.75) is 38.6 Å². The van der Waals surface area contributed by atoms with E-state index in [-0.39, 0.29) is 22.7 Å². The number of carbonyl (C=O) groups excluding carboxylic acids is 1. The quantitative estimate of drug-likeness (QED) is 0.487. The summed E-state index contributed by atoms with van der Waals surface area (Å²) in [4.78, 5) is 28.3. The molecule has 1 saturated carbocycles. The molecule has 0 N–H and O–H groups in total. The lowest BCUT2D eigenvalue weighted by Gasteiger charge is -2.33. The van der Waals surface area contributed by atoms with E-state index in [1.54, 1.807) is 11.9 Å². The molecule has 0 aliphatic heterocycles. The fourth-order valence-electron chi connectivity index (χ4n) is 2.76. The van der Waals surface area contributed by atoms with Gasteiger partial charge >= 0.3 is 5.69 Å². The van der Waals surface area contributed by atoms with Gasteiger partial charge in [-0.25, -0.2) is 4.98 Å². The molecule has 0 unspecified atom stereocenters. The molecule has 1 aliphatic rings. The summed E-state index contributed by atoms with van der Waals surface area (Å²) in [6, 6.07) is 1.48. The van der Waals surface area contributed by atoms with Crippen molar-refractivity contribution < 1.29 is 9.72 Å². The van der Waals surface area contributed by atoms with Gasteiger partial charge in [-0.1, -0.05) is 18.5 Å². The summed E-state index contributed by atoms with van der Waals surface area (Å²) in [7, 11) is 1.70. The first-order valence-electron chi connectivity index (χ1n) is 6.98. The largest absolute Gasteiger partial charge is 0.339 e. The number of amides is 1. The highest BCUT2D eigenvalue weighted by Gasteiger charge is 2.31. The third kappa shape index (κ3) is 3.32. The molecule has 0 atom stereocenters. The molecule has 6 nitrogen and oxygen atoms in total. The number of nitrogens with zero attached hydrogens (tertiary/aromatic N) is 3. The van der Waals surface area contributed by atoms with Crippen molar-refractivity contribution in [1.82, 2.24) is 9.88 Å². The van der Waals surface area contributed by atoms with Gasteiger partial charge in [-0.05, 0) is 37.7 Å². The van der Waals surface area contributed by atoms with Crippen LogP contribution in [0.3, 0.4) is 0 Å². The summed E-state index contributed by atoms with van der Waals surface area (Å²) in [5.74, 6) is 0.306. The van der Waals surface area contributed by atoms with Crippen LogP contribution in [-0.2, 0) is 0 Å². The third-order valence-corrected chi connectivity index (χ3v) is 4.42. The van der Waals surface area contributed by atoms with Crippen LogP contribution in [0.15, 0.2) is 12.3 Å². The van der Waals surface area contributed by atoms with Gasteiger partial charge in [0.1, 0.15) is 5.56 Å². The number of aromatic nitrogens is 1. The standard InChI is InChI=1S/C14H18ClN3O3/c1-9-3-5-10(6-4-9)17(2)14(19)11-7-8-16-13(15)12(11)18(20)21/h7-10H,3-6H2,1-2H3. The molecular weight excluding hydrogens is 294 g/mol. The van der Waals surface area contributed by atoms with Crippen LogP contribution in [0.1, 0.15) is 43.0 Å². The van der Waals surface area contributed by atoms with E-state index in [1.807, 2.05) is 0 Å². The molecule has 114 valence electrons. The molecule has 1 aliphatic carbocycles. The number of carbonyl (C=O) groups is 1. The van der Waals surface area contributed by atoms with Gasteiger partial charge in [0.15, 0.2) is 0 Å². The second kappa shape index (κ2) is 6.39. The Morgan fingerprint density at radius 3 is 2.62 bits per heavy atom. The smallest absolute Gasteiger partial charge is 0.319 e. The van der Waals surface area contributed by atoms with Crippen LogP contribution in [0.5, 0.6) is 0 Å². The molecule has 0 radical (unpaired) electrons. The fourth-order valence-corrected chi connectivity index (χ4v) is 2.99. The predicted molar refractivity (Wildman–Crippen MR) is 79.4 cm³/mol.